The standard InChI is InChI=1S/C16H21NO3S/c1-2-20-14-6-5-8-17(11-14)16(19)13-10-15(21-12-13)7-3-4-9-18/h10,12,14,18H,2,4-6,8-9,11H2,1H3. The smallest absolute Gasteiger partial charge is 0.254 e. The summed E-state index contributed by atoms with van der Waals surface area (Å²) in [5, 5.41) is 10.6. The molecule has 0 aromatic carbocycles. The first kappa shape index (κ1) is 16.0. The van der Waals surface area contributed by atoms with Crippen molar-refractivity contribution in [3.05, 3.63) is 21.9 Å². The number of amides is 1. The fraction of sp³-hybridized carbons (Fsp3) is 0.562. The second-order valence-electron chi connectivity index (χ2n) is 4.95. The lowest BCUT2D eigenvalue weighted by Gasteiger charge is -2.32. The van der Waals surface area contributed by atoms with E-state index in [0.29, 0.717) is 25.1 Å². The van der Waals surface area contributed by atoms with Crippen LogP contribution in [0.2, 0.25) is 0 Å². The molecule has 21 heavy (non-hydrogen) atoms. The fourth-order valence-corrected chi connectivity index (χ4v) is 3.15. The SMILES string of the molecule is CCOC1CCCN(C(=O)c2csc(C#CCCO)c2)C1. The van der Waals surface area contributed by atoms with Gasteiger partial charge in [0.15, 0.2) is 0 Å². The lowest BCUT2D eigenvalue weighted by molar-refractivity contribution is 0.00726. The van der Waals surface area contributed by atoms with E-state index in [0.717, 1.165) is 24.3 Å². The van der Waals surface area contributed by atoms with E-state index in [1.54, 1.807) is 0 Å². The van der Waals surface area contributed by atoms with Gasteiger partial charge in [0, 0.05) is 31.5 Å². The van der Waals surface area contributed by atoms with Crippen molar-refractivity contribution >= 4 is 17.2 Å². The zero-order chi connectivity index (χ0) is 15.1. The molecule has 2 rings (SSSR count). The summed E-state index contributed by atoms with van der Waals surface area (Å²) < 4.78 is 5.63. The molecule has 1 aliphatic rings. The van der Waals surface area contributed by atoms with Gasteiger partial charge in [0.1, 0.15) is 0 Å². The minimum atomic E-state index is 0.0610. The summed E-state index contributed by atoms with van der Waals surface area (Å²) in [6.07, 6.45) is 2.64. The summed E-state index contributed by atoms with van der Waals surface area (Å²) >= 11 is 1.47. The van der Waals surface area contributed by atoms with Gasteiger partial charge in [-0.1, -0.05) is 11.8 Å². The minimum Gasteiger partial charge on any atom is -0.395 e. The first-order valence-electron chi connectivity index (χ1n) is 7.33. The lowest BCUT2D eigenvalue weighted by atomic mass is 10.1. The average Bonchev–Trinajstić information content (AvgIpc) is 2.96. The number of carbonyl (C=O) groups excluding carboxylic acids is 1. The van der Waals surface area contributed by atoms with Crippen molar-refractivity contribution in [1.82, 2.24) is 4.90 Å². The van der Waals surface area contributed by atoms with Gasteiger partial charge in [-0.3, -0.25) is 4.79 Å². The Balaban J connectivity index is 1.98. The van der Waals surface area contributed by atoms with Crippen molar-refractivity contribution < 1.29 is 14.6 Å². The number of rotatable bonds is 4. The molecule has 0 radical (unpaired) electrons. The predicted octanol–water partition coefficient (Wildman–Crippen LogP) is 2.12. The van der Waals surface area contributed by atoms with E-state index < -0.39 is 0 Å². The molecule has 1 fully saturated rings. The van der Waals surface area contributed by atoms with Gasteiger partial charge in [-0.05, 0) is 25.8 Å². The summed E-state index contributed by atoms with van der Waals surface area (Å²) in [5.74, 6) is 5.90. The second kappa shape index (κ2) is 8.18. The maximum Gasteiger partial charge on any atom is 0.254 e. The quantitative estimate of drug-likeness (QED) is 0.867. The molecule has 0 saturated carbocycles. The first-order chi connectivity index (χ1) is 10.2. The number of ether oxygens (including phenoxy) is 1. The molecule has 1 amide bonds. The monoisotopic (exact) mass is 307 g/mol. The highest BCUT2D eigenvalue weighted by Crippen LogP contribution is 2.19. The predicted molar refractivity (Wildman–Crippen MR) is 83.5 cm³/mol. The maximum absolute atomic E-state index is 12.5. The zero-order valence-electron chi connectivity index (χ0n) is 12.3. The highest BCUT2D eigenvalue weighted by Gasteiger charge is 2.25. The molecule has 0 bridgehead atoms. The van der Waals surface area contributed by atoms with Gasteiger partial charge in [0.25, 0.3) is 5.91 Å². The Kier molecular flexibility index (Phi) is 6.24. The largest absolute Gasteiger partial charge is 0.395 e. The Bertz CT molecular complexity index is 527. The first-order valence-corrected chi connectivity index (χ1v) is 8.21. The third-order valence-corrected chi connectivity index (χ3v) is 4.21. The number of aliphatic hydroxyl groups excluding tert-OH is 1. The molecule has 5 heteroatoms. The van der Waals surface area contributed by atoms with Gasteiger partial charge in [0.2, 0.25) is 0 Å². The highest BCUT2D eigenvalue weighted by atomic mass is 32.1. The van der Waals surface area contributed by atoms with E-state index in [1.807, 2.05) is 23.3 Å². The molecule has 2 heterocycles. The molecular weight excluding hydrogens is 286 g/mol. The third kappa shape index (κ3) is 4.57. The Morgan fingerprint density at radius 3 is 3.24 bits per heavy atom. The number of carbonyl (C=O) groups is 1. The molecule has 1 unspecified atom stereocenters. The van der Waals surface area contributed by atoms with Crippen molar-refractivity contribution in [2.45, 2.75) is 32.3 Å². The fourth-order valence-electron chi connectivity index (χ4n) is 2.40. The van der Waals surface area contributed by atoms with Crippen LogP contribution >= 0.6 is 11.3 Å². The normalized spacial score (nSPS) is 18.2. The van der Waals surface area contributed by atoms with E-state index in [4.69, 9.17) is 9.84 Å². The lowest BCUT2D eigenvalue weighted by Crippen LogP contribution is -2.43. The number of likely N-dealkylation sites (tertiary alicyclic amines) is 1. The van der Waals surface area contributed by atoms with Crippen LogP contribution in [0.5, 0.6) is 0 Å². The van der Waals surface area contributed by atoms with Crippen molar-refractivity contribution in [2.75, 3.05) is 26.3 Å². The summed E-state index contributed by atoms with van der Waals surface area (Å²) in [5.41, 5.74) is 0.699. The summed E-state index contributed by atoms with van der Waals surface area (Å²) in [6, 6.07) is 1.83. The van der Waals surface area contributed by atoms with Crippen LogP contribution in [0.3, 0.4) is 0 Å². The second-order valence-corrected chi connectivity index (χ2v) is 5.86. The Labute approximate surface area is 129 Å². The number of piperidine rings is 1. The van der Waals surface area contributed by atoms with E-state index in [2.05, 4.69) is 11.8 Å². The Hall–Kier alpha value is -1.35. The van der Waals surface area contributed by atoms with Gasteiger partial charge in [-0.15, -0.1) is 11.3 Å². The van der Waals surface area contributed by atoms with Crippen LogP contribution < -0.4 is 0 Å². The molecule has 1 aromatic rings. The molecule has 1 N–H and O–H groups in total. The Morgan fingerprint density at radius 2 is 2.48 bits per heavy atom. The topological polar surface area (TPSA) is 49.8 Å². The van der Waals surface area contributed by atoms with E-state index in [1.165, 1.54) is 11.3 Å². The van der Waals surface area contributed by atoms with Crippen LogP contribution in [0.4, 0.5) is 0 Å². The average molecular weight is 307 g/mol. The van der Waals surface area contributed by atoms with Crippen LogP contribution in [0, 0.1) is 11.8 Å². The molecular formula is C16H21NO3S. The molecule has 1 saturated heterocycles. The number of nitrogens with zero attached hydrogens (tertiary/aromatic N) is 1. The summed E-state index contributed by atoms with van der Waals surface area (Å²) in [6.45, 7) is 4.21. The van der Waals surface area contributed by atoms with Gasteiger partial charge in [0.05, 0.1) is 23.2 Å². The van der Waals surface area contributed by atoms with E-state index >= 15 is 0 Å². The third-order valence-electron chi connectivity index (χ3n) is 3.36. The summed E-state index contributed by atoms with van der Waals surface area (Å²) in [4.78, 5) is 15.2. The molecule has 0 aliphatic carbocycles. The van der Waals surface area contributed by atoms with Crippen LogP contribution in [-0.2, 0) is 4.74 Å². The van der Waals surface area contributed by atoms with Crippen LogP contribution in [0.15, 0.2) is 11.4 Å². The van der Waals surface area contributed by atoms with Crippen molar-refractivity contribution in [2.24, 2.45) is 0 Å². The molecule has 1 aromatic heterocycles. The van der Waals surface area contributed by atoms with E-state index in [-0.39, 0.29) is 18.6 Å². The van der Waals surface area contributed by atoms with Crippen molar-refractivity contribution in [3.63, 3.8) is 0 Å². The molecule has 1 aliphatic heterocycles. The molecule has 114 valence electrons. The number of thiophene rings is 1. The minimum absolute atomic E-state index is 0.0610. The molecule has 4 nitrogen and oxygen atoms in total. The maximum atomic E-state index is 12.5. The molecule has 1 atom stereocenters. The van der Waals surface area contributed by atoms with E-state index in [9.17, 15) is 4.79 Å². The van der Waals surface area contributed by atoms with Crippen LogP contribution in [-0.4, -0.2) is 48.3 Å². The van der Waals surface area contributed by atoms with Crippen LogP contribution in [0.25, 0.3) is 0 Å². The van der Waals surface area contributed by atoms with Crippen LogP contribution in [0.1, 0.15) is 41.4 Å². The number of hydrogen-bond acceptors (Lipinski definition) is 4. The zero-order valence-corrected chi connectivity index (χ0v) is 13.1. The van der Waals surface area contributed by atoms with Gasteiger partial charge >= 0.3 is 0 Å². The highest BCUT2D eigenvalue weighted by molar-refractivity contribution is 7.10. The van der Waals surface area contributed by atoms with Crippen molar-refractivity contribution in [1.29, 1.82) is 0 Å². The van der Waals surface area contributed by atoms with Crippen molar-refractivity contribution in [3.8, 4) is 11.8 Å². The molecule has 0 spiro atoms. The number of aliphatic hydroxyl groups is 1. The Morgan fingerprint density at radius 1 is 1.62 bits per heavy atom. The van der Waals surface area contributed by atoms with Gasteiger partial charge in [-0.25, -0.2) is 0 Å². The van der Waals surface area contributed by atoms with Gasteiger partial charge < -0.3 is 14.7 Å². The summed E-state index contributed by atoms with van der Waals surface area (Å²) in [7, 11) is 0. The van der Waals surface area contributed by atoms with Gasteiger partial charge in [-0.2, -0.15) is 0 Å². The number of hydrogen-bond donors (Lipinski definition) is 1.